The number of thiophene rings is 1. The number of rotatable bonds is 3. The van der Waals surface area contributed by atoms with Crippen LogP contribution in [0.2, 0.25) is 0 Å². The number of hydrogen-bond acceptors (Lipinski definition) is 6. The SMILES string of the molecule is Cn1c(=O)c(C#N)c(N2CCN(C(=O)Cc3cccs3)CC2)c2ccccc21.N. The molecule has 1 fully saturated rings. The Kier molecular flexibility index (Phi) is 6.01. The van der Waals surface area contributed by atoms with Crippen LogP contribution in [-0.2, 0) is 18.3 Å². The van der Waals surface area contributed by atoms with Crippen LogP contribution in [0.25, 0.3) is 10.9 Å². The third kappa shape index (κ3) is 3.75. The van der Waals surface area contributed by atoms with E-state index >= 15 is 0 Å². The maximum Gasteiger partial charge on any atom is 0.270 e. The summed E-state index contributed by atoms with van der Waals surface area (Å²) in [7, 11) is 1.69. The van der Waals surface area contributed by atoms with Gasteiger partial charge in [-0.3, -0.25) is 9.59 Å². The molecule has 1 aromatic carbocycles. The second-order valence-corrected chi connectivity index (χ2v) is 7.87. The van der Waals surface area contributed by atoms with Gasteiger partial charge in [0.25, 0.3) is 5.56 Å². The minimum Gasteiger partial charge on any atom is -0.366 e. The van der Waals surface area contributed by atoms with Crippen LogP contribution < -0.4 is 16.6 Å². The van der Waals surface area contributed by atoms with Crippen molar-refractivity contribution in [2.45, 2.75) is 6.42 Å². The lowest BCUT2D eigenvalue weighted by Crippen LogP contribution is -2.49. The van der Waals surface area contributed by atoms with Gasteiger partial charge in [0.05, 0.1) is 17.6 Å². The van der Waals surface area contributed by atoms with Crippen molar-refractivity contribution >= 4 is 33.8 Å². The molecule has 0 spiro atoms. The third-order valence-electron chi connectivity index (χ3n) is 5.24. The smallest absolute Gasteiger partial charge is 0.270 e. The van der Waals surface area contributed by atoms with Crippen LogP contribution in [0.1, 0.15) is 10.4 Å². The van der Waals surface area contributed by atoms with Gasteiger partial charge >= 0.3 is 0 Å². The van der Waals surface area contributed by atoms with Crippen molar-refractivity contribution in [2.75, 3.05) is 31.1 Å². The number of benzene rings is 1. The van der Waals surface area contributed by atoms with E-state index in [9.17, 15) is 14.9 Å². The molecule has 0 atom stereocenters. The molecule has 29 heavy (non-hydrogen) atoms. The Morgan fingerprint density at radius 1 is 1.14 bits per heavy atom. The molecule has 0 aliphatic carbocycles. The van der Waals surface area contributed by atoms with Crippen LogP contribution in [-0.4, -0.2) is 41.6 Å². The van der Waals surface area contributed by atoms with Gasteiger partial charge in [0.1, 0.15) is 11.6 Å². The quantitative estimate of drug-likeness (QED) is 0.716. The summed E-state index contributed by atoms with van der Waals surface area (Å²) in [5.74, 6) is 0.122. The average Bonchev–Trinajstić information content (AvgIpc) is 3.23. The lowest BCUT2D eigenvalue weighted by Gasteiger charge is -2.37. The van der Waals surface area contributed by atoms with E-state index in [1.165, 1.54) is 4.57 Å². The average molecular weight is 410 g/mol. The molecule has 0 unspecified atom stereocenters. The van der Waals surface area contributed by atoms with Crippen LogP contribution in [0.15, 0.2) is 46.6 Å². The molecule has 1 amide bonds. The molecule has 1 saturated heterocycles. The number of pyridine rings is 1. The third-order valence-corrected chi connectivity index (χ3v) is 6.12. The summed E-state index contributed by atoms with van der Waals surface area (Å²) in [5.41, 5.74) is 1.37. The topological polar surface area (TPSA) is 104 Å². The van der Waals surface area contributed by atoms with Crippen LogP contribution in [0.3, 0.4) is 0 Å². The Bertz CT molecular complexity index is 1120. The van der Waals surface area contributed by atoms with Crippen molar-refractivity contribution in [3.05, 3.63) is 62.6 Å². The fourth-order valence-electron chi connectivity index (χ4n) is 3.76. The predicted molar refractivity (Wildman–Crippen MR) is 116 cm³/mol. The zero-order valence-electron chi connectivity index (χ0n) is 16.3. The van der Waals surface area contributed by atoms with Crippen LogP contribution >= 0.6 is 11.3 Å². The minimum atomic E-state index is -0.285. The zero-order chi connectivity index (χ0) is 19.7. The highest BCUT2D eigenvalue weighted by Crippen LogP contribution is 2.29. The number of amides is 1. The summed E-state index contributed by atoms with van der Waals surface area (Å²) in [6.07, 6.45) is 0.427. The number of carbonyl (C=O) groups is 1. The van der Waals surface area contributed by atoms with Gasteiger partial charge in [-0.25, -0.2) is 0 Å². The van der Waals surface area contributed by atoms with Crippen molar-refractivity contribution in [2.24, 2.45) is 7.05 Å². The highest BCUT2D eigenvalue weighted by molar-refractivity contribution is 7.10. The molecule has 0 bridgehead atoms. The number of anilines is 1. The Labute approximate surface area is 173 Å². The van der Waals surface area contributed by atoms with Crippen LogP contribution in [0, 0.1) is 11.3 Å². The molecule has 8 heteroatoms. The molecule has 150 valence electrons. The van der Waals surface area contributed by atoms with Gasteiger partial charge < -0.3 is 20.5 Å². The van der Waals surface area contributed by atoms with Gasteiger partial charge in [-0.2, -0.15) is 5.26 Å². The van der Waals surface area contributed by atoms with Crippen molar-refractivity contribution in [1.29, 1.82) is 5.26 Å². The summed E-state index contributed by atoms with van der Waals surface area (Å²) in [6, 6.07) is 13.7. The molecule has 0 radical (unpaired) electrons. The van der Waals surface area contributed by atoms with E-state index in [0.29, 0.717) is 38.3 Å². The summed E-state index contributed by atoms with van der Waals surface area (Å²) in [4.78, 5) is 30.2. The first-order valence-corrected chi connectivity index (χ1v) is 10.0. The van der Waals surface area contributed by atoms with Gasteiger partial charge in [-0.1, -0.05) is 24.3 Å². The number of aryl methyl sites for hydroxylation is 1. The normalized spacial score (nSPS) is 13.8. The van der Waals surface area contributed by atoms with Crippen molar-refractivity contribution < 1.29 is 4.79 Å². The fourth-order valence-corrected chi connectivity index (χ4v) is 4.46. The van der Waals surface area contributed by atoms with Crippen molar-refractivity contribution in [1.82, 2.24) is 15.6 Å². The van der Waals surface area contributed by atoms with E-state index in [1.54, 1.807) is 18.4 Å². The van der Waals surface area contributed by atoms with E-state index in [2.05, 4.69) is 11.0 Å². The second-order valence-electron chi connectivity index (χ2n) is 6.84. The van der Waals surface area contributed by atoms with E-state index in [-0.39, 0.29) is 23.2 Å². The van der Waals surface area contributed by atoms with Gasteiger partial charge in [0.2, 0.25) is 5.91 Å². The summed E-state index contributed by atoms with van der Waals surface area (Å²) in [5, 5.41) is 12.5. The number of piperazine rings is 1. The lowest BCUT2D eigenvalue weighted by molar-refractivity contribution is -0.130. The standard InChI is InChI=1S/C21H20N4O2S.H3N/c1-23-18-7-3-2-6-16(18)20(17(14-22)21(23)27)25-10-8-24(9-11-25)19(26)13-15-5-4-12-28-15;/h2-7,12H,8-11,13H2,1H3;1H3. The molecule has 0 saturated carbocycles. The predicted octanol–water partition coefficient (Wildman–Crippen LogP) is 2.52. The molecule has 1 aliphatic heterocycles. The molecule has 3 aromatic rings. The molecule has 1 aliphatic rings. The number of fused-ring (bicyclic) bond motifs is 1. The number of nitriles is 1. The van der Waals surface area contributed by atoms with E-state index in [0.717, 1.165) is 15.8 Å². The van der Waals surface area contributed by atoms with Gasteiger partial charge in [0, 0.05) is 43.5 Å². The molecule has 3 heterocycles. The van der Waals surface area contributed by atoms with Crippen molar-refractivity contribution in [3.63, 3.8) is 0 Å². The molecule has 4 rings (SSSR count). The number of hydrogen-bond donors (Lipinski definition) is 1. The molecule has 3 N–H and O–H groups in total. The number of nitrogens with zero attached hydrogens (tertiary/aromatic N) is 4. The maximum atomic E-state index is 12.7. The van der Waals surface area contributed by atoms with Gasteiger partial charge in [0.15, 0.2) is 0 Å². The maximum absolute atomic E-state index is 12.7. The van der Waals surface area contributed by atoms with E-state index in [1.807, 2.05) is 46.7 Å². The second kappa shape index (κ2) is 8.47. The first kappa shape index (κ1) is 20.6. The van der Waals surface area contributed by atoms with Gasteiger partial charge in [-0.05, 0) is 17.5 Å². The largest absolute Gasteiger partial charge is 0.366 e. The highest BCUT2D eigenvalue weighted by Gasteiger charge is 2.26. The fraction of sp³-hybridized carbons (Fsp3) is 0.286. The molecule has 2 aromatic heterocycles. The summed E-state index contributed by atoms with van der Waals surface area (Å²) < 4.78 is 1.53. The monoisotopic (exact) mass is 409 g/mol. The number of aromatic nitrogens is 1. The zero-order valence-corrected chi connectivity index (χ0v) is 17.1. The number of para-hydroxylation sites is 1. The van der Waals surface area contributed by atoms with Gasteiger partial charge in [-0.15, -0.1) is 11.3 Å². The Balaban J connectivity index is 0.00000240. The highest BCUT2D eigenvalue weighted by atomic mass is 32.1. The lowest BCUT2D eigenvalue weighted by atomic mass is 10.1. The summed E-state index contributed by atoms with van der Waals surface area (Å²) >= 11 is 1.59. The van der Waals surface area contributed by atoms with E-state index < -0.39 is 0 Å². The van der Waals surface area contributed by atoms with Crippen LogP contribution in [0.5, 0.6) is 0 Å². The molecular formula is C21H23N5O2S. The summed E-state index contributed by atoms with van der Waals surface area (Å²) in [6.45, 7) is 2.36. The molecular weight excluding hydrogens is 386 g/mol. The number of carbonyl (C=O) groups excluding carboxylic acids is 1. The first-order chi connectivity index (χ1) is 13.6. The van der Waals surface area contributed by atoms with Crippen molar-refractivity contribution in [3.8, 4) is 6.07 Å². The Morgan fingerprint density at radius 3 is 2.52 bits per heavy atom. The van der Waals surface area contributed by atoms with Crippen LogP contribution in [0.4, 0.5) is 5.69 Å². The Morgan fingerprint density at radius 2 is 1.86 bits per heavy atom. The molecule has 7 nitrogen and oxygen atoms in total. The Hall–Kier alpha value is -3.15. The van der Waals surface area contributed by atoms with E-state index in [4.69, 9.17) is 0 Å². The first-order valence-electron chi connectivity index (χ1n) is 9.17. The minimum absolute atomic E-state index is 0.